The highest BCUT2D eigenvalue weighted by Crippen LogP contribution is 2.18. The van der Waals surface area contributed by atoms with Gasteiger partial charge >= 0.3 is 0 Å². The molecule has 1 aliphatic heterocycles. The van der Waals surface area contributed by atoms with Crippen LogP contribution < -0.4 is 5.32 Å². The Morgan fingerprint density at radius 2 is 2.00 bits per heavy atom. The molecule has 1 saturated heterocycles. The number of aromatic nitrogens is 1. The molecule has 1 fully saturated rings. The van der Waals surface area contributed by atoms with Crippen LogP contribution in [0, 0.1) is 0 Å². The van der Waals surface area contributed by atoms with Crippen LogP contribution in [0.15, 0.2) is 48.7 Å². The van der Waals surface area contributed by atoms with Crippen molar-refractivity contribution in [3.8, 4) is 0 Å². The predicted molar refractivity (Wildman–Crippen MR) is 97.2 cm³/mol. The Kier molecular flexibility index (Phi) is 5.03. The fourth-order valence-corrected chi connectivity index (χ4v) is 4.63. The first-order chi connectivity index (χ1) is 11.9. The van der Waals surface area contributed by atoms with Gasteiger partial charge in [-0.05, 0) is 24.1 Å². The van der Waals surface area contributed by atoms with Gasteiger partial charge in [-0.25, -0.2) is 13.4 Å². The fourth-order valence-electron chi connectivity index (χ4n) is 2.85. The van der Waals surface area contributed by atoms with Gasteiger partial charge in [-0.3, -0.25) is 4.79 Å². The highest BCUT2D eigenvalue weighted by Gasteiger charge is 2.33. The Morgan fingerprint density at radius 3 is 2.60 bits per heavy atom. The number of hydrogen-bond acceptors (Lipinski definition) is 5. The third-order valence-electron chi connectivity index (χ3n) is 4.40. The third-order valence-corrected chi connectivity index (χ3v) is 6.15. The predicted octanol–water partition coefficient (Wildman–Crippen LogP) is 1.95. The van der Waals surface area contributed by atoms with E-state index in [-0.39, 0.29) is 23.5 Å². The average molecular weight is 359 g/mol. The molecule has 7 heteroatoms. The zero-order valence-electron chi connectivity index (χ0n) is 14.1. The van der Waals surface area contributed by atoms with E-state index in [1.807, 2.05) is 36.4 Å². The van der Waals surface area contributed by atoms with Crippen LogP contribution in [0.2, 0.25) is 0 Å². The molecule has 1 aliphatic rings. The molecule has 3 rings (SSSR count). The number of anilines is 1. The van der Waals surface area contributed by atoms with Crippen molar-refractivity contribution >= 4 is 21.4 Å². The molecule has 2 heterocycles. The molecule has 1 N–H and O–H groups in total. The molecule has 6 nitrogen and oxygen atoms in total. The molecular formula is C18H21N3O3S. The highest BCUT2D eigenvalue weighted by molar-refractivity contribution is 7.91. The second-order valence-corrected chi connectivity index (χ2v) is 8.47. The van der Waals surface area contributed by atoms with Crippen LogP contribution in [0.25, 0.3) is 0 Å². The van der Waals surface area contributed by atoms with Gasteiger partial charge in [0, 0.05) is 19.6 Å². The Balaban J connectivity index is 1.60. The van der Waals surface area contributed by atoms with E-state index in [0.29, 0.717) is 18.7 Å². The number of carbonyl (C=O) groups excluding carboxylic acids is 1. The SMILES string of the molecule is CN(C(=O)c1ccc(NCc2ccccc2)cn1)C1CCS(=O)(=O)C1. The second-order valence-electron chi connectivity index (χ2n) is 6.24. The Bertz CT molecular complexity index is 836. The summed E-state index contributed by atoms with van der Waals surface area (Å²) in [5, 5.41) is 3.26. The van der Waals surface area contributed by atoms with E-state index < -0.39 is 9.84 Å². The van der Waals surface area contributed by atoms with Crippen LogP contribution >= 0.6 is 0 Å². The zero-order valence-corrected chi connectivity index (χ0v) is 14.9. The van der Waals surface area contributed by atoms with Crippen molar-refractivity contribution in [1.82, 2.24) is 9.88 Å². The van der Waals surface area contributed by atoms with Crippen molar-refractivity contribution < 1.29 is 13.2 Å². The minimum Gasteiger partial charge on any atom is -0.380 e. The molecule has 0 bridgehead atoms. The molecule has 132 valence electrons. The van der Waals surface area contributed by atoms with Crippen LogP contribution in [0.3, 0.4) is 0 Å². The number of pyridine rings is 1. The first kappa shape index (κ1) is 17.4. The van der Waals surface area contributed by atoms with Gasteiger partial charge < -0.3 is 10.2 Å². The summed E-state index contributed by atoms with van der Waals surface area (Å²) in [6, 6.07) is 13.2. The van der Waals surface area contributed by atoms with Gasteiger partial charge in [-0.2, -0.15) is 0 Å². The minimum absolute atomic E-state index is 0.0337. The molecule has 1 aromatic carbocycles. The van der Waals surface area contributed by atoms with Gasteiger partial charge in [0.15, 0.2) is 9.84 Å². The Hall–Kier alpha value is -2.41. The van der Waals surface area contributed by atoms with Gasteiger partial charge in [0.05, 0.1) is 23.4 Å². The maximum absolute atomic E-state index is 12.5. The quantitative estimate of drug-likeness (QED) is 0.883. The summed E-state index contributed by atoms with van der Waals surface area (Å²) < 4.78 is 23.2. The molecule has 0 spiro atoms. The van der Waals surface area contributed by atoms with Crippen LogP contribution in [-0.2, 0) is 16.4 Å². The van der Waals surface area contributed by atoms with E-state index in [0.717, 1.165) is 11.3 Å². The normalized spacial score (nSPS) is 18.7. The second kappa shape index (κ2) is 7.23. The molecule has 2 aromatic rings. The van der Waals surface area contributed by atoms with Crippen molar-refractivity contribution in [2.45, 2.75) is 19.0 Å². The summed E-state index contributed by atoms with van der Waals surface area (Å²) in [6.07, 6.45) is 2.11. The molecular weight excluding hydrogens is 338 g/mol. The van der Waals surface area contributed by atoms with Crippen molar-refractivity contribution in [3.05, 3.63) is 59.9 Å². The van der Waals surface area contributed by atoms with E-state index >= 15 is 0 Å². The zero-order chi connectivity index (χ0) is 17.9. The largest absolute Gasteiger partial charge is 0.380 e. The van der Waals surface area contributed by atoms with Crippen molar-refractivity contribution in [2.24, 2.45) is 0 Å². The van der Waals surface area contributed by atoms with Gasteiger partial charge in [-0.1, -0.05) is 30.3 Å². The number of benzene rings is 1. The van der Waals surface area contributed by atoms with Crippen LogP contribution in [0.4, 0.5) is 5.69 Å². The third kappa shape index (κ3) is 4.36. The average Bonchev–Trinajstić information content (AvgIpc) is 3.00. The molecule has 0 saturated carbocycles. The number of rotatable bonds is 5. The number of nitrogens with one attached hydrogen (secondary N) is 1. The van der Waals surface area contributed by atoms with Crippen LogP contribution in [0.5, 0.6) is 0 Å². The molecule has 0 radical (unpaired) electrons. The smallest absolute Gasteiger partial charge is 0.272 e. The standard InChI is InChI=1S/C18H21N3O3S/c1-21(16-9-10-25(23,24)13-16)18(22)17-8-7-15(12-20-17)19-11-14-5-3-2-4-6-14/h2-8,12,16,19H,9-11,13H2,1H3. The monoisotopic (exact) mass is 359 g/mol. The number of carbonyl (C=O) groups is 1. The lowest BCUT2D eigenvalue weighted by Gasteiger charge is -2.23. The lowest BCUT2D eigenvalue weighted by atomic mass is 10.2. The molecule has 25 heavy (non-hydrogen) atoms. The maximum atomic E-state index is 12.5. The van der Waals surface area contributed by atoms with Gasteiger partial charge in [0.2, 0.25) is 0 Å². The number of hydrogen-bond donors (Lipinski definition) is 1. The van der Waals surface area contributed by atoms with E-state index in [2.05, 4.69) is 10.3 Å². The van der Waals surface area contributed by atoms with E-state index in [9.17, 15) is 13.2 Å². The van der Waals surface area contributed by atoms with Gasteiger partial charge in [-0.15, -0.1) is 0 Å². The maximum Gasteiger partial charge on any atom is 0.272 e. The number of amides is 1. The summed E-state index contributed by atoms with van der Waals surface area (Å²) in [7, 11) is -1.38. The van der Waals surface area contributed by atoms with E-state index in [4.69, 9.17) is 0 Å². The van der Waals surface area contributed by atoms with E-state index in [1.165, 1.54) is 4.90 Å². The topological polar surface area (TPSA) is 79.4 Å². The molecule has 1 aromatic heterocycles. The van der Waals surface area contributed by atoms with Crippen molar-refractivity contribution in [3.63, 3.8) is 0 Å². The lowest BCUT2D eigenvalue weighted by Crippen LogP contribution is -2.38. The van der Waals surface area contributed by atoms with Gasteiger partial charge in [0.1, 0.15) is 5.69 Å². The van der Waals surface area contributed by atoms with Crippen molar-refractivity contribution in [2.75, 3.05) is 23.9 Å². The summed E-state index contributed by atoms with van der Waals surface area (Å²) in [4.78, 5) is 18.2. The Morgan fingerprint density at radius 1 is 1.24 bits per heavy atom. The number of nitrogens with zero attached hydrogens (tertiary/aromatic N) is 2. The number of sulfone groups is 1. The van der Waals surface area contributed by atoms with E-state index in [1.54, 1.807) is 19.3 Å². The van der Waals surface area contributed by atoms with Crippen LogP contribution in [-0.4, -0.2) is 48.8 Å². The first-order valence-corrected chi connectivity index (χ1v) is 9.98. The minimum atomic E-state index is -3.02. The Labute approximate surface area is 147 Å². The van der Waals surface area contributed by atoms with Crippen LogP contribution in [0.1, 0.15) is 22.5 Å². The summed E-state index contributed by atoms with van der Waals surface area (Å²) >= 11 is 0. The lowest BCUT2D eigenvalue weighted by molar-refractivity contribution is 0.0742. The van der Waals surface area contributed by atoms with Crippen molar-refractivity contribution in [1.29, 1.82) is 0 Å². The molecule has 1 atom stereocenters. The summed E-state index contributed by atoms with van der Waals surface area (Å²) in [5.74, 6) is -0.0755. The van der Waals surface area contributed by atoms with Gasteiger partial charge in [0.25, 0.3) is 5.91 Å². The summed E-state index contributed by atoms with van der Waals surface area (Å²) in [5.41, 5.74) is 2.30. The molecule has 1 unspecified atom stereocenters. The first-order valence-electron chi connectivity index (χ1n) is 8.16. The fraction of sp³-hybridized carbons (Fsp3) is 0.333. The highest BCUT2D eigenvalue weighted by atomic mass is 32.2. The molecule has 0 aliphatic carbocycles. The summed E-state index contributed by atoms with van der Waals surface area (Å²) in [6.45, 7) is 0.676. The molecule has 1 amide bonds.